The van der Waals surface area contributed by atoms with Gasteiger partial charge in [0, 0.05) is 105 Å². The first kappa shape index (κ1) is 83.7. The molecule has 0 unspecified atom stereocenters. The van der Waals surface area contributed by atoms with E-state index in [0.29, 0.717) is 22.9 Å². The van der Waals surface area contributed by atoms with Crippen LogP contribution in [-0.4, -0.2) is 19.9 Å². The van der Waals surface area contributed by atoms with Gasteiger partial charge in [0.1, 0.15) is 18.0 Å². The van der Waals surface area contributed by atoms with E-state index in [-0.39, 0.29) is 0 Å². The summed E-state index contributed by atoms with van der Waals surface area (Å²) < 4.78 is 10.5. The molecule has 0 saturated heterocycles. The third kappa shape index (κ3) is 14.9. The zero-order valence-electron chi connectivity index (χ0n) is 74.8. The van der Waals surface area contributed by atoms with Gasteiger partial charge < -0.3 is 4.85 Å². The summed E-state index contributed by atoms with van der Waals surface area (Å²) in [6.45, 7) is 22.0. The molecule has 28 rings (SSSR count). The quantitative estimate of drug-likeness (QED) is 0.141. The number of hydrogen-bond donors (Lipinski definition) is 0. The second kappa shape index (κ2) is 35.3. The molecule has 0 aliphatic heterocycles. The fraction of sp³-hybridized carbons (Fsp3) is 0. The van der Waals surface area contributed by atoms with Crippen LogP contribution in [0.5, 0.6) is 0 Å². The SMILES string of the molecule is N#Cc1cc(-c2ccc(-c3cc4sc5ccc6ccccc6c5c4c4ccccc34)cc2)ccn1.[C-]#[N+]c1cc(-c2cccc(-c3cc4sc5ccc6ccccc6c5c4c4ccccc34)c2)ccn1.[C-]#[N+]c1ccnc(-c2cccc(-c3cc4sc5ccc6ccccc6c5c4c4ccccc34)c2)c1.[C-]#[N+]c1cncc(-c2cccc(-c3cc4sc5ccc6ccccc6c5c4c4ccccc34)c2)c1. The molecule has 20 aromatic carbocycles. The van der Waals surface area contributed by atoms with E-state index in [1.165, 1.54) is 200 Å². The minimum atomic E-state index is 0.414. The summed E-state index contributed by atoms with van der Waals surface area (Å²) >= 11 is 7.45. The largest absolute Gasteiger partial charge is 0.361 e. The van der Waals surface area contributed by atoms with E-state index in [0.717, 1.165) is 55.8 Å². The van der Waals surface area contributed by atoms with Crippen molar-refractivity contribution in [1.29, 1.82) is 5.26 Å². The highest BCUT2D eigenvalue weighted by molar-refractivity contribution is 7.27. The van der Waals surface area contributed by atoms with Gasteiger partial charge in [-0.25, -0.2) is 14.7 Å². The molecular weight excluding hydrogens is 1780 g/mol. The molecule has 28 aromatic rings. The van der Waals surface area contributed by atoms with Gasteiger partial charge in [-0.3, -0.25) is 9.97 Å². The van der Waals surface area contributed by atoms with Crippen LogP contribution in [0.2, 0.25) is 0 Å². The van der Waals surface area contributed by atoms with Crippen LogP contribution < -0.4 is 0 Å². The van der Waals surface area contributed by atoms with Crippen LogP contribution in [0.15, 0.2) is 437 Å². The molecule has 0 amide bonds. The molecule has 0 fully saturated rings. The third-order valence-electron chi connectivity index (χ3n) is 26.9. The molecule has 140 heavy (non-hydrogen) atoms. The number of pyridine rings is 4. The Kier molecular flexibility index (Phi) is 21.1. The van der Waals surface area contributed by atoms with E-state index >= 15 is 0 Å². The van der Waals surface area contributed by atoms with Crippen molar-refractivity contribution in [3.05, 3.63) is 477 Å². The Hall–Kier alpha value is -18.1. The van der Waals surface area contributed by atoms with Crippen molar-refractivity contribution >= 4 is 229 Å². The fourth-order valence-electron chi connectivity index (χ4n) is 20.6. The summed E-state index contributed by atoms with van der Waals surface area (Å²) in [5.74, 6) is 0.414. The lowest BCUT2D eigenvalue weighted by atomic mass is 9.92. The van der Waals surface area contributed by atoms with E-state index in [9.17, 15) is 5.26 Å². The monoisotopic (exact) mass is 1850 g/mol. The zero-order chi connectivity index (χ0) is 93.4. The standard InChI is InChI=1S/4C32H18N2S/c1-33-24-16-23(18-34-19-24)21-8-6-9-22(15-21)28-17-30-32(27-12-5-4-11-26(27)28)31-25-10-3-2-7-20(25)13-14-29(31)35-30;1-33-30-18-22(15-16-34-30)21-8-6-9-23(17-21)27-19-29-32(26-12-5-4-11-25(26)27)31-24-10-3-2-7-20(24)13-14-28(31)35-29;1-33-23-15-16-34-28(18-23)22-9-6-8-21(17-22)27-19-30-32(26-12-5-4-11-25(26)27)31-24-10-3-2-7-20(24)13-14-29(31)35-30;33-19-24-17-23(15-16-34-24)20-9-11-22(12-10-20)28-18-30-32(27-8-4-3-7-26(27)28)31-25-6-2-1-5-21(25)13-14-29(31)35-30/h3*2-19H;1-18H. The molecule has 0 aliphatic carbocycles. The zero-order valence-corrected chi connectivity index (χ0v) is 78.0. The van der Waals surface area contributed by atoms with Crippen LogP contribution in [0.3, 0.4) is 0 Å². The van der Waals surface area contributed by atoms with Crippen molar-refractivity contribution in [2.45, 2.75) is 0 Å². The van der Waals surface area contributed by atoms with Gasteiger partial charge in [0.05, 0.1) is 18.8 Å². The highest BCUT2D eigenvalue weighted by atomic mass is 32.1. The summed E-state index contributed by atoms with van der Waals surface area (Å²) in [5, 5.41) is 40.4. The van der Waals surface area contributed by atoms with Crippen molar-refractivity contribution in [3.8, 4) is 95.2 Å². The van der Waals surface area contributed by atoms with Gasteiger partial charge >= 0.3 is 0 Å². The molecule has 8 nitrogen and oxygen atoms in total. The number of aromatic nitrogens is 4. The topological polar surface area (TPSA) is 88.4 Å². The fourth-order valence-corrected chi connectivity index (χ4v) is 25.3. The smallest absolute Gasteiger partial charge is 0.270 e. The van der Waals surface area contributed by atoms with Gasteiger partial charge in [0.2, 0.25) is 5.69 Å². The normalized spacial score (nSPS) is 11.4. The third-order valence-corrected chi connectivity index (χ3v) is 31.4. The van der Waals surface area contributed by atoms with Gasteiger partial charge in [0.15, 0.2) is 5.69 Å². The van der Waals surface area contributed by atoms with Crippen molar-refractivity contribution in [3.63, 3.8) is 0 Å². The molecule has 0 atom stereocenters. The predicted molar refractivity (Wildman–Crippen MR) is 596 cm³/mol. The molecule has 0 spiro atoms. The van der Waals surface area contributed by atoms with E-state index in [1.54, 1.807) is 30.9 Å². The first-order chi connectivity index (χ1) is 69.2. The second-order valence-corrected chi connectivity index (χ2v) is 39.2. The average Bonchev–Trinajstić information content (AvgIpc) is 1.57. The molecule has 0 N–H and O–H groups in total. The lowest BCUT2D eigenvalue weighted by Gasteiger charge is -2.11. The van der Waals surface area contributed by atoms with Crippen LogP contribution in [0, 0.1) is 31.0 Å². The highest BCUT2D eigenvalue weighted by Crippen LogP contribution is 2.52. The molecule has 0 saturated carbocycles. The second-order valence-electron chi connectivity index (χ2n) is 34.8. The maximum absolute atomic E-state index is 9.19. The van der Waals surface area contributed by atoms with Crippen LogP contribution in [0.4, 0.5) is 17.2 Å². The van der Waals surface area contributed by atoms with Crippen LogP contribution in [0.1, 0.15) is 5.69 Å². The molecule has 648 valence electrons. The number of nitrogens with zero attached hydrogens (tertiary/aromatic N) is 8. The first-order valence-electron chi connectivity index (χ1n) is 46.0. The van der Waals surface area contributed by atoms with Crippen molar-refractivity contribution in [2.24, 2.45) is 0 Å². The Morgan fingerprint density at radius 1 is 0.214 bits per heavy atom. The molecular formula is C128H72N8S4. The average molecular weight is 1850 g/mol. The van der Waals surface area contributed by atoms with Gasteiger partial charge in [-0.1, -0.05) is 304 Å². The molecule has 8 aromatic heterocycles. The van der Waals surface area contributed by atoms with Crippen molar-refractivity contribution in [1.82, 2.24) is 19.9 Å². The summed E-state index contributed by atoms with van der Waals surface area (Å²) in [4.78, 5) is 27.6. The summed E-state index contributed by atoms with van der Waals surface area (Å²) in [6.07, 6.45) is 8.53. The van der Waals surface area contributed by atoms with Gasteiger partial charge in [-0.05, 0) is 279 Å². The minimum Gasteiger partial charge on any atom is -0.361 e. The van der Waals surface area contributed by atoms with Crippen LogP contribution >= 0.6 is 45.3 Å². The van der Waals surface area contributed by atoms with Crippen molar-refractivity contribution < 1.29 is 0 Å². The first-order valence-corrected chi connectivity index (χ1v) is 49.3. The van der Waals surface area contributed by atoms with Gasteiger partial charge in [-0.2, -0.15) is 5.26 Å². The Balaban J connectivity index is 0.0000000985. The Bertz CT molecular complexity index is 9510. The van der Waals surface area contributed by atoms with E-state index in [1.807, 2.05) is 87.9 Å². The van der Waals surface area contributed by atoms with E-state index in [2.05, 4.69) is 405 Å². The number of nitriles is 1. The number of hydrogen-bond acceptors (Lipinski definition) is 9. The summed E-state index contributed by atoms with van der Waals surface area (Å²) in [7, 11) is 0. The number of benzene rings is 20. The Morgan fingerprint density at radius 2 is 0.543 bits per heavy atom. The van der Waals surface area contributed by atoms with Crippen LogP contribution in [0.25, 0.3) is 271 Å². The summed E-state index contributed by atoms with van der Waals surface area (Å²) in [5.41, 5.74) is 19.2. The minimum absolute atomic E-state index is 0.414. The van der Waals surface area contributed by atoms with Crippen molar-refractivity contribution in [2.75, 3.05) is 0 Å². The van der Waals surface area contributed by atoms with Gasteiger partial charge in [-0.15, -0.1) is 50.3 Å². The summed E-state index contributed by atoms with van der Waals surface area (Å²) in [6, 6.07) is 146. The maximum Gasteiger partial charge on any atom is 0.270 e. The van der Waals surface area contributed by atoms with Gasteiger partial charge in [0.25, 0.3) is 5.82 Å². The predicted octanol–water partition coefficient (Wildman–Crippen LogP) is 37.9. The maximum atomic E-state index is 9.19. The molecule has 0 radical (unpaired) electrons. The molecule has 12 heteroatoms. The Morgan fingerprint density at radius 3 is 0.950 bits per heavy atom. The highest BCUT2D eigenvalue weighted by Gasteiger charge is 2.23. The van der Waals surface area contributed by atoms with E-state index < -0.39 is 0 Å². The van der Waals surface area contributed by atoms with Crippen LogP contribution in [-0.2, 0) is 0 Å². The molecule has 0 aliphatic rings. The van der Waals surface area contributed by atoms with E-state index in [4.69, 9.17) is 19.7 Å². The Labute approximate surface area is 820 Å². The number of fused-ring (bicyclic) bond motifs is 28. The molecule has 0 bridgehead atoms. The number of rotatable bonds is 8. The lowest BCUT2D eigenvalue weighted by Crippen LogP contribution is -1.86. The lowest BCUT2D eigenvalue weighted by molar-refractivity contribution is 1.26. The number of thiophene rings is 4. The molecule has 8 heterocycles.